The van der Waals surface area contributed by atoms with Crippen molar-refractivity contribution in [2.45, 2.75) is 12.8 Å². The number of nitro benzene ring substituents is 1. The number of benzene rings is 2. The number of hydrogen-bond donors (Lipinski definition) is 1. The van der Waals surface area contributed by atoms with Gasteiger partial charge in [-0.2, -0.15) is 0 Å². The van der Waals surface area contributed by atoms with Crippen LogP contribution in [0.25, 0.3) is 11.1 Å². The summed E-state index contributed by atoms with van der Waals surface area (Å²) in [6.45, 7) is 0. The number of imide groups is 1. The van der Waals surface area contributed by atoms with Crippen LogP contribution in [0.2, 0.25) is 0 Å². The molecule has 10 heteroatoms. The predicted octanol–water partition coefficient (Wildman–Crippen LogP) is 3.37. The number of likely N-dealkylation sites (tertiary alicyclic amines) is 1. The quantitative estimate of drug-likeness (QED) is 0.336. The van der Waals surface area contributed by atoms with Gasteiger partial charge in [0, 0.05) is 30.7 Å². The van der Waals surface area contributed by atoms with Crippen LogP contribution in [0.15, 0.2) is 48.5 Å². The third-order valence-corrected chi connectivity index (χ3v) is 5.51. The summed E-state index contributed by atoms with van der Waals surface area (Å²) in [5.74, 6) is -1.02. The van der Waals surface area contributed by atoms with Gasteiger partial charge in [0.15, 0.2) is 0 Å². The van der Waals surface area contributed by atoms with Crippen LogP contribution in [-0.4, -0.2) is 37.6 Å². The van der Waals surface area contributed by atoms with Gasteiger partial charge in [0.25, 0.3) is 5.69 Å². The number of carbonyl (C=O) groups excluding carboxylic acids is 3. The maximum absolute atomic E-state index is 12.1. The highest BCUT2D eigenvalue weighted by atomic mass is 32.2. The second-order valence-electron chi connectivity index (χ2n) is 6.11. The molecule has 8 nitrogen and oxygen atoms in total. The lowest BCUT2D eigenvalue weighted by atomic mass is 10.1. The fraction of sp³-hybridized carbons (Fsp3) is 0.158. The number of rotatable bonds is 5. The van der Waals surface area contributed by atoms with Crippen molar-refractivity contribution >= 4 is 57.4 Å². The molecule has 29 heavy (non-hydrogen) atoms. The average Bonchev–Trinajstić information content (AvgIpc) is 3.05. The van der Waals surface area contributed by atoms with Gasteiger partial charge < -0.3 is 5.32 Å². The molecule has 0 aliphatic carbocycles. The van der Waals surface area contributed by atoms with E-state index in [-0.39, 0.29) is 46.3 Å². The molecule has 0 spiro atoms. The predicted molar refractivity (Wildman–Crippen MR) is 113 cm³/mol. The Bertz CT molecular complexity index is 974. The molecule has 0 unspecified atom stereocenters. The molecule has 3 amide bonds. The summed E-state index contributed by atoms with van der Waals surface area (Å²) in [6.07, 6.45) is 0.291. The van der Waals surface area contributed by atoms with Gasteiger partial charge in [-0.1, -0.05) is 36.1 Å². The van der Waals surface area contributed by atoms with Gasteiger partial charge in [0.2, 0.25) is 17.7 Å². The van der Waals surface area contributed by atoms with Crippen molar-refractivity contribution in [3.63, 3.8) is 0 Å². The van der Waals surface area contributed by atoms with Crippen molar-refractivity contribution < 1.29 is 19.3 Å². The van der Waals surface area contributed by atoms with Crippen LogP contribution >= 0.6 is 24.0 Å². The first-order chi connectivity index (χ1) is 13.8. The smallest absolute Gasteiger partial charge is 0.269 e. The fourth-order valence-electron chi connectivity index (χ4n) is 2.69. The number of anilines is 1. The normalized spacial score (nSPS) is 13.4. The van der Waals surface area contributed by atoms with Crippen LogP contribution in [-0.2, 0) is 14.4 Å². The Morgan fingerprint density at radius 3 is 2.07 bits per heavy atom. The summed E-state index contributed by atoms with van der Waals surface area (Å²) < 4.78 is 0.0844. The number of non-ortho nitro benzene ring substituents is 1. The Balaban J connectivity index is 1.54. The van der Waals surface area contributed by atoms with E-state index >= 15 is 0 Å². The van der Waals surface area contributed by atoms with E-state index in [1.165, 1.54) is 12.1 Å². The van der Waals surface area contributed by atoms with Gasteiger partial charge in [0.1, 0.15) is 4.32 Å². The minimum absolute atomic E-state index is 0.0189. The number of nitrogens with one attached hydrogen (secondary N) is 1. The number of thiocarbonyl (C=S) groups is 1. The molecule has 2 aromatic rings. The lowest BCUT2D eigenvalue weighted by molar-refractivity contribution is -0.384. The first-order valence-electron chi connectivity index (χ1n) is 8.52. The summed E-state index contributed by atoms with van der Waals surface area (Å²) >= 11 is 6.03. The summed E-state index contributed by atoms with van der Waals surface area (Å²) in [6, 6.07) is 13.2. The van der Waals surface area contributed by atoms with Crippen molar-refractivity contribution in [3.05, 3.63) is 58.6 Å². The van der Waals surface area contributed by atoms with Crippen molar-refractivity contribution in [1.29, 1.82) is 0 Å². The molecule has 1 aliphatic rings. The summed E-state index contributed by atoms with van der Waals surface area (Å²) in [4.78, 5) is 46.6. The Kier molecular flexibility index (Phi) is 6.35. The Morgan fingerprint density at radius 2 is 1.55 bits per heavy atom. The maximum Gasteiger partial charge on any atom is 0.269 e. The molecule has 1 N–H and O–H groups in total. The molecule has 0 aromatic heterocycles. The molecule has 2 aromatic carbocycles. The summed E-state index contributed by atoms with van der Waals surface area (Å²) in [7, 11) is 0. The van der Waals surface area contributed by atoms with E-state index in [2.05, 4.69) is 5.32 Å². The molecular formula is C19H15N3O5S2. The van der Waals surface area contributed by atoms with Crippen LogP contribution in [0, 0.1) is 10.1 Å². The average molecular weight is 429 g/mol. The van der Waals surface area contributed by atoms with Gasteiger partial charge in [-0.05, 0) is 35.4 Å². The first kappa shape index (κ1) is 20.6. The minimum Gasteiger partial charge on any atom is -0.325 e. The van der Waals surface area contributed by atoms with Crippen LogP contribution in [0.3, 0.4) is 0 Å². The van der Waals surface area contributed by atoms with Crippen LogP contribution in [0.5, 0.6) is 0 Å². The first-order valence-corrected chi connectivity index (χ1v) is 9.92. The zero-order valence-corrected chi connectivity index (χ0v) is 16.6. The lowest BCUT2D eigenvalue weighted by Gasteiger charge is -2.14. The highest BCUT2D eigenvalue weighted by molar-refractivity contribution is 8.23. The third kappa shape index (κ3) is 5.04. The van der Waals surface area contributed by atoms with E-state index in [9.17, 15) is 24.5 Å². The van der Waals surface area contributed by atoms with E-state index in [1.54, 1.807) is 36.4 Å². The maximum atomic E-state index is 12.1. The Morgan fingerprint density at radius 1 is 1.03 bits per heavy atom. The molecule has 0 bridgehead atoms. The molecular weight excluding hydrogens is 414 g/mol. The zero-order chi connectivity index (χ0) is 21.0. The zero-order valence-electron chi connectivity index (χ0n) is 15.0. The molecule has 0 radical (unpaired) electrons. The van der Waals surface area contributed by atoms with Crippen molar-refractivity contribution in [3.8, 4) is 11.1 Å². The number of amides is 3. The van der Waals surface area contributed by atoms with Gasteiger partial charge in [-0.3, -0.25) is 24.5 Å². The molecule has 1 saturated heterocycles. The number of nitrogens with zero attached hydrogens (tertiary/aromatic N) is 2. The second kappa shape index (κ2) is 8.93. The van der Waals surface area contributed by atoms with Gasteiger partial charge in [-0.25, -0.2) is 4.90 Å². The van der Waals surface area contributed by atoms with Crippen LogP contribution in [0.4, 0.5) is 11.4 Å². The topological polar surface area (TPSA) is 110 Å². The number of carbonyl (C=O) groups is 3. The largest absolute Gasteiger partial charge is 0.325 e. The molecule has 0 saturated carbocycles. The summed E-state index contributed by atoms with van der Waals surface area (Å²) in [5, 5.41) is 13.4. The van der Waals surface area contributed by atoms with Crippen molar-refractivity contribution in [2.75, 3.05) is 11.1 Å². The van der Waals surface area contributed by atoms with Crippen LogP contribution in [0.1, 0.15) is 12.8 Å². The van der Waals surface area contributed by atoms with Crippen molar-refractivity contribution in [2.24, 2.45) is 0 Å². The molecule has 1 heterocycles. The number of thioether (sulfide) groups is 1. The molecule has 148 valence electrons. The molecule has 0 atom stereocenters. The highest BCUT2D eigenvalue weighted by Crippen LogP contribution is 2.24. The SMILES string of the molecule is O=C(CSC(=S)N1C(=O)CCC1=O)Nc1ccc(-c2ccc([N+](=O)[O-])cc2)cc1. The molecule has 1 fully saturated rings. The van der Waals surface area contributed by atoms with Gasteiger partial charge >= 0.3 is 0 Å². The Labute approximate surface area is 175 Å². The van der Waals surface area contributed by atoms with E-state index in [0.29, 0.717) is 5.69 Å². The van der Waals surface area contributed by atoms with E-state index in [1.807, 2.05) is 0 Å². The summed E-state index contributed by atoms with van der Waals surface area (Å²) in [5.41, 5.74) is 2.25. The van der Waals surface area contributed by atoms with E-state index in [4.69, 9.17) is 12.2 Å². The van der Waals surface area contributed by atoms with Gasteiger partial charge in [-0.15, -0.1) is 0 Å². The van der Waals surface area contributed by atoms with Crippen molar-refractivity contribution in [1.82, 2.24) is 4.90 Å². The monoisotopic (exact) mass is 429 g/mol. The molecule has 1 aliphatic heterocycles. The minimum atomic E-state index is -0.457. The number of hydrogen-bond acceptors (Lipinski definition) is 7. The van der Waals surface area contributed by atoms with Crippen LogP contribution < -0.4 is 5.32 Å². The second-order valence-corrected chi connectivity index (χ2v) is 7.72. The van der Waals surface area contributed by atoms with E-state index < -0.39 is 4.92 Å². The molecule has 3 rings (SSSR count). The standard InChI is InChI=1S/C19H15N3O5S2/c23-16(11-29-19(28)21-17(24)9-10-18(21)25)20-14-5-1-12(2-6-14)13-3-7-15(8-4-13)22(26)27/h1-8H,9-11H2,(H,20,23). The van der Waals surface area contributed by atoms with E-state index in [0.717, 1.165) is 27.8 Å². The number of nitro groups is 1. The van der Waals surface area contributed by atoms with Gasteiger partial charge in [0.05, 0.1) is 10.7 Å². The lowest BCUT2D eigenvalue weighted by Crippen LogP contribution is -2.33. The highest BCUT2D eigenvalue weighted by Gasteiger charge is 2.32. The fourth-order valence-corrected chi connectivity index (χ4v) is 3.73. The Hall–Kier alpha value is -3.11. The third-order valence-electron chi connectivity index (χ3n) is 4.14.